The van der Waals surface area contributed by atoms with Crippen molar-refractivity contribution in [1.82, 2.24) is 10.3 Å². The van der Waals surface area contributed by atoms with Crippen molar-refractivity contribution in [2.75, 3.05) is 6.54 Å². The van der Waals surface area contributed by atoms with E-state index in [9.17, 15) is 4.79 Å². The maximum atomic E-state index is 11.3. The molecule has 0 unspecified atom stereocenters. The van der Waals surface area contributed by atoms with Crippen LogP contribution in [-0.4, -0.2) is 22.5 Å². The maximum absolute atomic E-state index is 11.3. The number of nitrogens with zero attached hydrogens (tertiary/aromatic N) is 2. The minimum atomic E-state index is -0.0279. The highest BCUT2D eigenvalue weighted by molar-refractivity contribution is 8.16. The van der Waals surface area contributed by atoms with E-state index in [0.29, 0.717) is 13.0 Å². The van der Waals surface area contributed by atoms with Gasteiger partial charge in [-0.15, -0.1) is 5.10 Å². The van der Waals surface area contributed by atoms with E-state index in [1.807, 2.05) is 18.2 Å². The Morgan fingerprint density at radius 3 is 2.94 bits per heavy atom. The smallest absolute Gasteiger partial charge is 0.241 e. The molecule has 1 amide bonds. The number of rotatable bonds is 1. The summed E-state index contributed by atoms with van der Waals surface area (Å²) in [5.74, 6) is -0.0279. The molecule has 0 bridgehead atoms. The van der Waals surface area contributed by atoms with Crippen LogP contribution in [0.5, 0.6) is 0 Å². The van der Waals surface area contributed by atoms with Crippen molar-refractivity contribution in [3.05, 3.63) is 41.3 Å². The average Bonchev–Trinajstić information content (AvgIpc) is 2.69. The van der Waals surface area contributed by atoms with Crippen LogP contribution in [0.3, 0.4) is 0 Å². The zero-order valence-electron chi connectivity index (χ0n) is 9.09. The standard InChI is InChI=1S/C12H11N3OS/c16-11-6-7-15-10(8-17-12(15)14-13-11)9-4-2-1-3-5-9/h1-5,8H,6-7H2,(H,13,16). The first-order valence-electron chi connectivity index (χ1n) is 5.41. The number of thioether (sulfide) groups is 1. The second kappa shape index (κ2) is 4.25. The third-order valence-electron chi connectivity index (χ3n) is 2.71. The zero-order valence-corrected chi connectivity index (χ0v) is 9.91. The third kappa shape index (κ3) is 1.93. The SMILES string of the molecule is O=C1CCN2C(c3ccccc3)=CSC2=NN1. The lowest BCUT2D eigenvalue weighted by atomic mass is 10.1. The summed E-state index contributed by atoms with van der Waals surface area (Å²) in [4.78, 5) is 13.4. The molecule has 2 aliphatic heterocycles. The van der Waals surface area contributed by atoms with Gasteiger partial charge in [-0.2, -0.15) is 0 Å². The minimum Gasteiger partial charge on any atom is -0.318 e. The molecule has 0 saturated carbocycles. The second-order valence-electron chi connectivity index (χ2n) is 3.82. The van der Waals surface area contributed by atoms with Gasteiger partial charge in [0.15, 0.2) is 5.17 Å². The summed E-state index contributed by atoms with van der Waals surface area (Å²) in [6.45, 7) is 0.679. The van der Waals surface area contributed by atoms with Crippen LogP contribution in [0.15, 0.2) is 40.8 Å². The number of carbonyl (C=O) groups excluding carboxylic acids is 1. The van der Waals surface area contributed by atoms with Gasteiger partial charge in [0.1, 0.15) is 0 Å². The molecule has 86 valence electrons. The van der Waals surface area contributed by atoms with Gasteiger partial charge in [-0.1, -0.05) is 42.1 Å². The van der Waals surface area contributed by atoms with Gasteiger partial charge >= 0.3 is 0 Å². The lowest BCUT2D eigenvalue weighted by molar-refractivity contribution is -0.120. The quantitative estimate of drug-likeness (QED) is 0.821. The van der Waals surface area contributed by atoms with Gasteiger partial charge in [-0.3, -0.25) is 4.79 Å². The number of amides is 1. The van der Waals surface area contributed by atoms with E-state index < -0.39 is 0 Å². The van der Waals surface area contributed by atoms with Gasteiger partial charge in [0.2, 0.25) is 5.91 Å². The van der Waals surface area contributed by atoms with Crippen LogP contribution < -0.4 is 5.43 Å². The van der Waals surface area contributed by atoms with E-state index in [2.05, 4.69) is 33.0 Å². The molecule has 0 saturated heterocycles. The fourth-order valence-corrected chi connectivity index (χ4v) is 2.75. The lowest BCUT2D eigenvalue weighted by Gasteiger charge is -2.19. The molecule has 2 heterocycles. The van der Waals surface area contributed by atoms with E-state index in [1.165, 1.54) is 0 Å². The summed E-state index contributed by atoms with van der Waals surface area (Å²) in [5, 5.41) is 7.01. The first-order chi connectivity index (χ1) is 8.34. The number of nitrogens with one attached hydrogen (secondary N) is 1. The Bertz CT molecular complexity index is 510. The molecule has 0 atom stereocenters. The topological polar surface area (TPSA) is 44.7 Å². The first-order valence-corrected chi connectivity index (χ1v) is 6.29. The summed E-state index contributed by atoms with van der Waals surface area (Å²) in [6, 6.07) is 10.1. The summed E-state index contributed by atoms with van der Waals surface area (Å²) in [6.07, 6.45) is 0.470. The fourth-order valence-electron chi connectivity index (χ4n) is 1.85. The molecule has 1 aromatic carbocycles. The van der Waals surface area contributed by atoms with Crippen molar-refractivity contribution in [3.8, 4) is 0 Å². The molecule has 0 aliphatic carbocycles. The molecular weight excluding hydrogens is 234 g/mol. The monoisotopic (exact) mass is 245 g/mol. The van der Waals surface area contributed by atoms with Crippen LogP contribution in [0.1, 0.15) is 12.0 Å². The van der Waals surface area contributed by atoms with Crippen LogP contribution in [-0.2, 0) is 4.79 Å². The predicted molar refractivity (Wildman–Crippen MR) is 68.9 cm³/mol. The summed E-state index contributed by atoms with van der Waals surface area (Å²) in [5.41, 5.74) is 4.81. The van der Waals surface area contributed by atoms with Crippen LogP contribution in [0.2, 0.25) is 0 Å². The lowest BCUT2D eigenvalue weighted by Crippen LogP contribution is -2.24. The van der Waals surface area contributed by atoms with Crippen molar-refractivity contribution in [2.45, 2.75) is 6.42 Å². The Morgan fingerprint density at radius 2 is 2.12 bits per heavy atom. The number of hydrazone groups is 1. The molecule has 1 N–H and O–H groups in total. The molecule has 5 heteroatoms. The summed E-state index contributed by atoms with van der Waals surface area (Å²) >= 11 is 1.54. The van der Waals surface area contributed by atoms with E-state index in [4.69, 9.17) is 0 Å². The number of amidine groups is 1. The van der Waals surface area contributed by atoms with Gasteiger partial charge < -0.3 is 4.90 Å². The minimum absolute atomic E-state index is 0.0279. The Balaban J connectivity index is 1.92. The van der Waals surface area contributed by atoms with Gasteiger partial charge in [0, 0.05) is 18.4 Å². The van der Waals surface area contributed by atoms with Crippen LogP contribution >= 0.6 is 11.8 Å². The van der Waals surface area contributed by atoms with Crippen molar-refractivity contribution < 1.29 is 4.79 Å². The van der Waals surface area contributed by atoms with Crippen LogP contribution in [0.4, 0.5) is 0 Å². The zero-order chi connectivity index (χ0) is 11.7. The predicted octanol–water partition coefficient (Wildman–Crippen LogP) is 1.82. The summed E-state index contributed by atoms with van der Waals surface area (Å²) in [7, 11) is 0. The highest BCUT2D eigenvalue weighted by atomic mass is 32.2. The maximum Gasteiger partial charge on any atom is 0.241 e. The third-order valence-corrected chi connectivity index (χ3v) is 3.57. The molecular formula is C12H11N3OS. The van der Waals surface area contributed by atoms with Gasteiger partial charge in [-0.05, 0) is 5.56 Å². The Hall–Kier alpha value is -1.75. The van der Waals surface area contributed by atoms with Gasteiger partial charge in [-0.25, -0.2) is 5.43 Å². The van der Waals surface area contributed by atoms with Crippen molar-refractivity contribution in [2.24, 2.45) is 5.10 Å². The highest BCUT2D eigenvalue weighted by Gasteiger charge is 2.26. The molecule has 0 spiro atoms. The fraction of sp³-hybridized carbons (Fsp3) is 0.167. The van der Waals surface area contributed by atoms with E-state index in [0.717, 1.165) is 16.4 Å². The molecule has 4 nitrogen and oxygen atoms in total. The second-order valence-corrected chi connectivity index (χ2v) is 4.65. The van der Waals surface area contributed by atoms with E-state index >= 15 is 0 Å². The molecule has 0 fully saturated rings. The summed E-state index contributed by atoms with van der Waals surface area (Å²) < 4.78 is 0. The molecule has 1 aromatic rings. The molecule has 0 aromatic heterocycles. The number of benzene rings is 1. The first kappa shape index (κ1) is 10.4. The Labute approximate surface area is 103 Å². The number of hydrogen-bond donors (Lipinski definition) is 1. The highest BCUT2D eigenvalue weighted by Crippen LogP contribution is 2.33. The number of hydrogen-bond acceptors (Lipinski definition) is 4. The molecule has 17 heavy (non-hydrogen) atoms. The Kier molecular flexibility index (Phi) is 2.60. The Morgan fingerprint density at radius 1 is 1.29 bits per heavy atom. The number of carbonyl (C=O) groups is 1. The molecule has 3 rings (SSSR count). The van der Waals surface area contributed by atoms with Crippen LogP contribution in [0.25, 0.3) is 5.70 Å². The van der Waals surface area contributed by atoms with Crippen molar-refractivity contribution >= 4 is 28.5 Å². The number of fused-ring (bicyclic) bond motifs is 1. The van der Waals surface area contributed by atoms with E-state index in [-0.39, 0.29) is 5.91 Å². The van der Waals surface area contributed by atoms with Crippen molar-refractivity contribution in [3.63, 3.8) is 0 Å². The largest absolute Gasteiger partial charge is 0.318 e. The molecule has 0 radical (unpaired) electrons. The average molecular weight is 245 g/mol. The van der Waals surface area contributed by atoms with Gasteiger partial charge in [0.25, 0.3) is 0 Å². The molecule has 2 aliphatic rings. The normalized spacial score (nSPS) is 19.1. The van der Waals surface area contributed by atoms with E-state index in [1.54, 1.807) is 11.8 Å². The van der Waals surface area contributed by atoms with Crippen molar-refractivity contribution in [1.29, 1.82) is 0 Å². The van der Waals surface area contributed by atoms with Gasteiger partial charge in [0.05, 0.1) is 5.70 Å². The van der Waals surface area contributed by atoms with Crippen LogP contribution in [0, 0.1) is 0 Å².